The molecule has 5 nitrogen and oxygen atoms in total. The summed E-state index contributed by atoms with van der Waals surface area (Å²) in [5, 5.41) is 8.69. The number of carbonyl (C=O) groups is 1. The molecule has 0 aliphatic rings. The number of aliphatic carboxylic acids is 1. The highest BCUT2D eigenvalue weighted by atomic mass is 32.2. The second kappa shape index (κ2) is 7.19. The van der Waals surface area contributed by atoms with Gasteiger partial charge < -0.3 is 5.11 Å². The minimum atomic E-state index is -3.55. The Bertz CT molecular complexity index is 550. The maximum atomic E-state index is 12.2. The van der Waals surface area contributed by atoms with Gasteiger partial charge in [0, 0.05) is 10.9 Å². The van der Waals surface area contributed by atoms with Crippen LogP contribution in [0.3, 0.4) is 0 Å². The zero-order valence-electron chi connectivity index (χ0n) is 11.9. The number of hydrogen-bond acceptors (Lipinski definition) is 4. The van der Waals surface area contributed by atoms with Crippen LogP contribution in [0.25, 0.3) is 0 Å². The molecule has 2 unspecified atom stereocenters. The number of nitrogens with one attached hydrogen (secondary N) is 1. The molecule has 20 heavy (non-hydrogen) atoms. The standard InChI is InChI=1S/C13H21NO4S2/c1-4-9(2)7-10(3)14-20(17,18)13-6-5-11(19-13)8-12(15)16/h5-6,9-10,14H,4,7-8H2,1-3H3,(H,15,16). The summed E-state index contributed by atoms with van der Waals surface area (Å²) in [6.45, 7) is 6.00. The number of carboxylic acids is 1. The third-order valence-electron chi connectivity index (χ3n) is 3.04. The normalized spacial score (nSPS) is 14.9. The molecule has 2 N–H and O–H groups in total. The molecule has 0 saturated heterocycles. The summed E-state index contributed by atoms with van der Waals surface area (Å²) in [7, 11) is -3.55. The van der Waals surface area contributed by atoms with Crippen LogP contribution in [-0.2, 0) is 21.2 Å². The Morgan fingerprint density at radius 3 is 2.60 bits per heavy atom. The fraction of sp³-hybridized carbons (Fsp3) is 0.615. The number of rotatable bonds is 8. The van der Waals surface area contributed by atoms with Crippen LogP contribution in [0.1, 0.15) is 38.5 Å². The molecule has 114 valence electrons. The Labute approximate surface area is 124 Å². The van der Waals surface area contributed by atoms with Crippen molar-refractivity contribution in [3.05, 3.63) is 17.0 Å². The quantitative estimate of drug-likeness (QED) is 0.771. The van der Waals surface area contributed by atoms with E-state index in [1.54, 1.807) is 6.07 Å². The molecule has 1 rings (SSSR count). The Morgan fingerprint density at radius 2 is 2.05 bits per heavy atom. The van der Waals surface area contributed by atoms with Crippen LogP contribution < -0.4 is 4.72 Å². The first kappa shape index (κ1) is 17.1. The second-order valence-electron chi connectivity index (χ2n) is 5.06. The molecule has 7 heteroatoms. The molecule has 0 aromatic carbocycles. The molecule has 0 spiro atoms. The van der Waals surface area contributed by atoms with Crippen molar-refractivity contribution in [1.29, 1.82) is 0 Å². The lowest BCUT2D eigenvalue weighted by molar-refractivity contribution is -0.136. The van der Waals surface area contributed by atoms with Gasteiger partial charge in [0.25, 0.3) is 0 Å². The molecule has 0 bridgehead atoms. The number of hydrogen-bond donors (Lipinski definition) is 2. The molecule has 0 aliphatic heterocycles. The van der Waals surface area contributed by atoms with Gasteiger partial charge in [-0.3, -0.25) is 4.79 Å². The molecule has 0 fully saturated rings. The molecule has 0 amide bonds. The Kier molecular flexibility index (Phi) is 6.16. The van der Waals surface area contributed by atoms with Gasteiger partial charge in [-0.1, -0.05) is 20.3 Å². The van der Waals surface area contributed by atoms with Gasteiger partial charge >= 0.3 is 5.97 Å². The van der Waals surface area contributed by atoms with E-state index in [1.807, 2.05) is 6.92 Å². The highest BCUT2D eigenvalue weighted by Gasteiger charge is 2.20. The minimum Gasteiger partial charge on any atom is -0.481 e. The summed E-state index contributed by atoms with van der Waals surface area (Å²) in [5.41, 5.74) is 0. The molecule has 1 aromatic rings. The largest absolute Gasteiger partial charge is 0.481 e. The van der Waals surface area contributed by atoms with Crippen molar-refractivity contribution >= 4 is 27.3 Å². The molecule has 0 radical (unpaired) electrons. The zero-order chi connectivity index (χ0) is 15.3. The van der Waals surface area contributed by atoms with Crippen molar-refractivity contribution in [3.63, 3.8) is 0 Å². The average molecular weight is 319 g/mol. The monoisotopic (exact) mass is 319 g/mol. The van der Waals surface area contributed by atoms with Gasteiger partial charge in [-0.15, -0.1) is 11.3 Å². The fourth-order valence-corrected chi connectivity index (χ4v) is 4.51. The number of carboxylic acid groups (broad SMARTS) is 1. The van der Waals surface area contributed by atoms with Crippen LogP contribution >= 0.6 is 11.3 Å². The summed E-state index contributed by atoms with van der Waals surface area (Å²) >= 11 is 1.00. The number of sulfonamides is 1. The summed E-state index contributed by atoms with van der Waals surface area (Å²) in [5.74, 6) is -0.507. The van der Waals surface area contributed by atoms with Crippen LogP contribution in [0.15, 0.2) is 16.3 Å². The van der Waals surface area contributed by atoms with Crippen molar-refractivity contribution in [1.82, 2.24) is 4.72 Å². The molecule has 0 aliphatic carbocycles. The third kappa shape index (κ3) is 5.22. The number of thiophene rings is 1. The molecular formula is C13H21NO4S2. The Balaban J connectivity index is 2.73. The van der Waals surface area contributed by atoms with E-state index < -0.39 is 16.0 Å². The summed E-state index contributed by atoms with van der Waals surface area (Å²) in [6, 6.07) is 2.87. The van der Waals surface area contributed by atoms with Crippen molar-refractivity contribution < 1.29 is 18.3 Å². The summed E-state index contributed by atoms with van der Waals surface area (Å²) in [6.07, 6.45) is 1.64. The lowest BCUT2D eigenvalue weighted by Crippen LogP contribution is -2.33. The lowest BCUT2D eigenvalue weighted by Gasteiger charge is -2.16. The van der Waals surface area contributed by atoms with Gasteiger partial charge in [-0.05, 0) is 31.4 Å². The summed E-state index contributed by atoms with van der Waals surface area (Å²) in [4.78, 5) is 11.1. The smallest absolute Gasteiger partial charge is 0.308 e. The Morgan fingerprint density at radius 1 is 1.40 bits per heavy atom. The fourth-order valence-electron chi connectivity index (χ4n) is 1.89. The average Bonchev–Trinajstić information content (AvgIpc) is 2.76. The first-order valence-electron chi connectivity index (χ1n) is 6.57. The molecule has 1 heterocycles. The summed E-state index contributed by atoms with van der Waals surface area (Å²) < 4.78 is 27.1. The molecule has 2 atom stereocenters. The van der Waals surface area contributed by atoms with E-state index in [0.29, 0.717) is 10.8 Å². The van der Waals surface area contributed by atoms with E-state index in [9.17, 15) is 13.2 Å². The van der Waals surface area contributed by atoms with Crippen molar-refractivity contribution in [2.75, 3.05) is 0 Å². The van der Waals surface area contributed by atoms with Crippen LogP contribution in [0, 0.1) is 5.92 Å². The molecule has 1 aromatic heterocycles. The van der Waals surface area contributed by atoms with E-state index in [2.05, 4.69) is 18.6 Å². The second-order valence-corrected chi connectivity index (χ2v) is 8.17. The van der Waals surface area contributed by atoms with Gasteiger partial charge in [-0.25, -0.2) is 13.1 Å². The van der Waals surface area contributed by atoms with E-state index in [1.165, 1.54) is 6.07 Å². The Hall–Kier alpha value is -0.920. The van der Waals surface area contributed by atoms with Crippen LogP contribution in [0.4, 0.5) is 0 Å². The third-order valence-corrected chi connectivity index (χ3v) is 6.20. The zero-order valence-corrected chi connectivity index (χ0v) is 13.6. The lowest BCUT2D eigenvalue weighted by atomic mass is 10.0. The van der Waals surface area contributed by atoms with Crippen LogP contribution in [-0.4, -0.2) is 25.5 Å². The maximum absolute atomic E-state index is 12.2. The minimum absolute atomic E-state index is 0.139. The van der Waals surface area contributed by atoms with Gasteiger partial charge in [0.1, 0.15) is 4.21 Å². The van der Waals surface area contributed by atoms with Gasteiger partial charge in [0.15, 0.2) is 0 Å². The SMILES string of the molecule is CCC(C)CC(C)NS(=O)(=O)c1ccc(CC(=O)O)s1. The predicted molar refractivity (Wildman–Crippen MR) is 79.5 cm³/mol. The first-order chi connectivity index (χ1) is 9.24. The van der Waals surface area contributed by atoms with Gasteiger partial charge in [0.2, 0.25) is 10.0 Å². The molecular weight excluding hydrogens is 298 g/mol. The topological polar surface area (TPSA) is 83.5 Å². The maximum Gasteiger partial charge on any atom is 0.308 e. The highest BCUT2D eigenvalue weighted by Crippen LogP contribution is 2.23. The van der Waals surface area contributed by atoms with Crippen molar-refractivity contribution in [3.8, 4) is 0 Å². The van der Waals surface area contributed by atoms with E-state index >= 15 is 0 Å². The van der Waals surface area contributed by atoms with Crippen molar-refractivity contribution in [2.24, 2.45) is 5.92 Å². The molecule has 0 saturated carbocycles. The van der Waals surface area contributed by atoms with Crippen molar-refractivity contribution in [2.45, 2.75) is 50.3 Å². The van der Waals surface area contributed by atoms with E-state index in [-0.39, 0.29) is 16.7 Å². The first-order valence-corrected chi connectivity index (χ1v) is 8.87. The van der Waals surface area contributed by atoms with Crippen LogP contribution in [0.2, 0.25) is 0 Å². The van der Waals surface area contributed by atoms with Crippen LogP contribution in [0.5, 0.6) is 0 Å². The predicted octanol–water partition coefficient (Wildman–Crippen LogP) is 2.48. The van der Waals surface area contributed by atoms with E-state index in [0.717, 1.165) is 24.2 Å². The van der Waals surface area contributed by atoms with Gasteiger partial charge in [0.05, 0.1) is 6.42 Å². The van der Waals surface area contributed by atoms with Gasteiger partial charge in [-0.2, -0.15) is 0 Å². The van der Waals surface area contributed by atoms with E-state index in [4.69, 9.17) is 5.11 Å². The highest BCUT2D eigenvalue weighted by molar-refractivity contribution is 7.91.